The van der Waals surface area contributed by atoms with Gasteiger partial charge >= 0.3 is 0 Å². The van der Waals surface area contributed by atoms with Crippen molar-refractivity contribution in [1.82, 2.24) is 15.0 Å². The molecule has 3 aromatic rings. The Labute approximate surface area is 111 Å². The molecule has 0 aliphatic heterocycles. The maximum atomic E-state index is 6.09. The minimum absolute atomic E-state index is 0.630. The highest BCUT2D eigenvalue weighted by Crippen LogP contribution is 2.37. The summed E-state index contributed by atoms with van der Waals surface area (Å²) >= 11 is 13.3. The summed E-state index contributed by atoms with van der Waals surface area (Å²) in [7, 11) is 0. The number of halogens is 2. The van der Waals surface area contributed by atoms with Gasteiger partial charge in [0.1, 0.15) is 10.2 Å². The first kappa shape index (κ1) is 11.0. The van der Waals surface area contributed by atoms with Crippen LogP contribution in [-0.2, 0) is 0 Å². The van der Waals surface area contributed by atoms with Crippen molar-refractivity contribution in [3.63, 3.8) is 0 Å². The molecule has 0 spiro atoms. The molecule has 3 nitrogen and oxygen atoms in total. The first-order valence-corrected chi connectivity index (χ1v) is 6.49. The number of thiophene rings is 1. The van der Waals surface area contributed by atoms with Crippen molar-refractivity contribution >= 4 is 45.7 Å². The number of fused-ring (bicyclic) bond motifs is 1. The maximum absolute atomic E-state index is 6.09. The number of aryl methyl sites for hydroxylation is 1. The Morgan fingerprint density at radius 1 is 1.24 bits per heavy atom. The number of hydrogen-bond donors (Lipinski definition) is 1. The highest BCUT2D eigenvalue weighted by molar-refractivity contribution is 7.20. The van der Waals surface area contributed by atoms with Crippen LogP contribution < -0.4 is 0 Å². The number of pyridine rings is 1. The number of nitrogens with zero attached hydrogens (tertiary/aromatic N) is 2. The third-order valence-corrected chi connectivity index (χ3v) is 3.88. The van der Waals surface area contributed by atoms with Crippen LogP contribution in [0, 0.1) is 6.92 Å². The van der Waals surface area contributed by atoms with E-state index in [0.717, 1.165) is 16.8 Å². The Morgan fingerprint density at radius 3 is 2.76 bits per heavy atom. The second-order valence-electron chi connectivity index (χ2n) is 3.65. The van der Waals surface area contributed by atoms with Crippen LogP contribution >= 0.6 is 34.5 Å². The molecule has 0 aliphatic carbocycles. The Kier molecular flexibility index (Phi) is 2.58. The lowest BCUT2D eigenvalue weighted by atomic mass is 10.3. The van der Waals surface area contributed by atoms with E-state index < -0.39 is 0 Å². The van der Waals surface area contributed by atoms with E-state index in [-0.39, 0.29) is 0 Å². The third kappa shape index (κ3) is 1.92. The van der Waals surface area contributed by atoms with E-state index in [1.54, 1.807) is 6.07 Å². The minimum atomic E-state index is 0.630. The summed E-state index contributed by atoms with van der Waals surface area (Å²) in [6.07, 6.45) is 0. The van der Waals surface area contributed by atoms with Crippen LogP contribution in [0.3, 0.4) is 0 Å². The lowest BCUT2D eigenvalue weighted by Crippen LogP contribution is -1.80. The molecule has 3 heterocycles. The number of rotatable bonds is 1. The minimum Gasteiger partial charge on any atom is -0.337 e. The lowest BCUT2D eigenvalue weighted by Gasteiger charge is -1.89. The van der Waals surface area contributed by atoms with Gasteiger partial charge in [0.15, 0.2) is 5.65 Å². The molecule has 86 valence electrons. The van der Waals surface area contributed by atoms with Gasteiger partial charge in [-0.3, -0.25) is 0 Å². The normalized spacial score (nSPS) is 11.2. The highest BCUT2D eigenvalue weighted by atomic mass is 35.5. The van der Waals surface area contributed by atoms with Gasteiger partial charge in [-0.05, 0) is 25.1 Å². The fraction of sp³-hybridized carbons (Fsp3) is 0.0909. The zero-order chi connectivity index (χ0) is 12.0. The predicted molar refractivity (Wildman–Crippen MR) is 72.0 cm³/mol. The monoisotopic (exact) mass is 283 g/mol. The van der Waals surface area contributed by atoms with E-state index in [9.17, 15) is 0 Å². The number of H-pyrrole nitrogens is 1. The molecule has 3 aromatic heterocycles. The SMILES string of the molecule is Cc1ccc2[nH]c(-c3cc(Cl)sc3Cl)nc2n1. The summed E-state index contributed by atoms with van der Waals surface area (Å²) in [5.41, 5.74) is 3.34. The van der Waals surface area contributed by atoms with Crippen molar-refractivity contribution in [1.29, 1.82) is 0 Å². The number of nitrogens with one attached hydrogen (secondary N) is 1. The van der Waals surface area contributed by atoms with Crippen molar-refractivity contribution in [2.24, 2.45) is 0 Å². The smallest absolute Gasteiger partial charge is 0.178 e. The van der Waals surface area contributed by atoms with Gasteiger partial charge in [0.25, 0.3) is 0 Å². The summed E-state index contributed by atoms with van der Waals surface area (Å²) in [5, 5.41) is 0. The van der Waals surface area contributed by atoms with Crippen LogP contribution in [0.2, 0.25) is 8.67 Å². The van der Waals surface area contributed by atoms with Gasteiger partial charge in [-0.15, -0.1) is 11.3 Å². The maximum Gasteiger partial charge on any atom is 0.178 e. The molecule has 0 amide bonds. The van der Waals surface area contributed by atoms with E-state index in [2.05, 4.69) is 15.0 Å². The molecule has 0 bridgehead atoms. The molecule has 1 N–H and O–H groups in total. The van der Waals surface area contributed by atoms with Gasteiger partial charge in [-0.1, -0.05) is 23.2 Å². The Bertz CT molecular complexity index is 702. The first-order valence-electron chi connectivity index (χ1n) is 4.92. The summed E-state index contributed by atoms with van der Waals surface area (Å²) in [6.45, 7) is 1.93. The molecule has 6 heteroatoms. The molecule has 17 heavy (non-hydrogen) atoms. The van der Waals surface area contributed by atoms with Crippen LogP contribution in [0.5, 0.6) is 0 Å². The fourth-order valence-corrected chi connectivity index (χ4v) is 3.08. The zero-order valence-corrected chi connectivity index (χ0v) is 11.1. The number of aromatic amines is 1. The number of hydrogen-bond acceptors (Lipinski definition) is 3. The van der Waals surface area contributed by atoms with E-state index in [1.165, 1.54) is 11.3 Å². The molecule has 0 radical (unpaired) electrons. The van der Waals surface area contributed by atoms with Gasteiger partial charge in [0.2, 0.25) is 0 Å². The van der Waals surface area contributed by atoms with Gasteiger partial charge in [-0.2, -0.15) is 0 Å². The van der Waals surface area contributed by atoms with Crippen LogP contribution in [0.4, 0.5) is 0 Å². The summed E-state index contributed by atoms with van der Waals surface area (Å²) < 4.78 is 1.28. The first-order chi connectivity index (χ1) is 8.13. The fourth-order valence-electron chi connectivity index (χ4n) is 1.62. The topological polar surface area (TPSA) is 41.6 Å². The van der Waals surface area contributed by atoms with Gasteiger partial charge in [0.05, 0.1) is 9.85 Å². The summed E-state index contributed by atoms with van der Waals surface area (Å²) in [5.74, 6) is 0.700. The van der Waals surface area contributed by atoms with Crippen molar-refractivity contribution in [2.75, 3.05) is 0 Å². The Balaban J connectivity index is 2.21. The van der Waals surface area contributed by atoms with Crippen molar-refractivity contribution in [2.45, 2.75) is 6.92 Å². The van der Waals surface area contributed by atoms with Crippen molar-refractivity contribution in [3.8, 4) is 11.4 Å². The standard InChI is InChI=1S/C11H7Cl2N3S/c1-5-2-3-7-11(14-5)16-10(15-7)6-4-8(12)17-9(6)13/h2-4H,1H3,(H,14,15,16). The average Bonchev–Trinajstić information content (AvgIpc) is 2.80. The predicted octanol–water partition coefficient (Wildman–Crippen LogP) is 4.30. The van der Waals surface area contributed by atoms with E-state index in [4.69, 9.17) is 23.2 Å². The molecule has 0 aromatic carbocycles. The Morgan fingerprint density at radius 2 is 2.06 bits per heavy atom. The molecule has 0 aliphatic rings. The molecular weight excluding hydrogens is 277 g/mol. The molecule has 3 rings (SSSR count). The number of aromatic nitrogens is 3. The van der Waals surface area contributed by atoms with Gasteiger partial charge in [0, 0.05) is 11.3 Å². The lowest BCUT2D eigenvalue weighted by molar-refractivity contribution is 1.22. The van der Waals surface area contributed by atoms with Crippen LogP contribution in [0.15, 0.2) is 18.2 Å². The molecule has 0 saturated heterocycles. The third-order valence-electron chi connectivity index (χ3n) is 2.40. The molecule has 0 saturated carbocycles. The highest BCUT2D eigenvalue weighted by Gasteiger charge is 2.12. The largest absolute Gasteiger partial charge is 0.337 e. The van der Waals surface area contributed by atoms with E-state index in [0.29, 0.717) is 20.1 Å². The molecule has 0 fully saturated rings. The van der Waals surface area contributed by atoms with E-state index >= 15 is 0 Å². The molecule has 0 unspecified atom stereocenters. The Hall–Kier alpha value is -1.10. The van der Waals surface area contributed by atoms with Crippen LogP contribution in [0.25, 0.3) is 22.6 Å². The second-order valence-corrected chi connectivity index (χ2v) is 5.93. The van der Waals surface area contributed by atoms with E-state index in [1.807, 2.05) is 19.1 Å². The van der Waals surface area contributed by atoms with Crippen molar-refractivity contribution in [3.05, 3.63) is 32.6 Å². The van der Waals surface area contributed by atoms with Crippen LogP contribution in [-0.4, -0.2) is 15.0 Å². The quantitative estimate of drug-likeness (QED) is 0.723. The average molecular weight is 284 g/mol. The van der Waals surface area contributed by atoms with Gasteiger partial charge in [-0.25, -0.2) is 9.97 Å². The van der Waals surface area contributed by atoms with Crippen LogP contribution in [0.1, 0.15) is 5.69 Å². The van der Waals surface area contributed by atoms with Gasteiger partial charge < -0.3 is 4.98 Å². The zero-order valence-electron chi connectivity index (χ0n) is 8.79. The summed E-state index contributed by atoms with van der Waals surface area (Å²) in [6, 6.07) is 5.70. The summed E-state index contributed by atoms with van der Waals surface area (Å²) in [4.78, 5) is 11.9. The number of imidazole rings is 1. The molecular formula is C11H7Cl2N3S. The van der Waals surface area contributed by atoms with Crippen molar-refractivity contribution < 1.29 is 0 Å². The second kappa shape index (κ2) is 3.98. The molecule has 0 atom stereocenters.